The maximum atomic E-state index is 11.2. The Morgan fingerprint density at radius 1 is 1.62 bits per heavy atom. The van der Waals surface area contributed by atoms with Crippen molar-refractivity contribution in [2.24, 2.45) is 7.05 Å². The third-order valence-corrected chi connectivity index (χ3v) is 3.49. The van der Waals surface area contributed by atoms with Crippen LogP contribution in [-0.4, -0.2) is 44.5 Å². The standard InChI is InChI=1S/C12H18N4O5/c1-3-8-10(16(19)20)11(15(2)14-8)13-6-7-4-5-9(21-7)12(17)18/h7,9,13H,3-6H2,1-2H3,(H,17,18). The van der Waals surface area contributed by atoms with Gasteiger partial charge in [-0.2, -0.15) is 5.10 Å². The van der Waals surface area contributed by atoms with Crippen molar-refractivity contribution in [2.45, 2.75) is 38.4 Å². The first-order valence-electron chi connectivity index (χ1n) is 6.76. The number of nitrogens with zero attached hydrogens (tertiary/aromatic N) is 3. The molecule has 2 N–H and O–H groups in total. The minimum Gasteiger partial charge on any atom is -0.479 e. The van der Waals surface area contributed by atoms with Crippen molar-refractivity contribution in [3.8, 4) is 0 Å². The van der Waals surface area contributed by atoms with Gasteiger partial charge in [0, 0.05) is 13.6 Å². The first-order chi connectivity index (χ1) is 9.93. The van der Waals surface area contributed by atoms with Gasteiger partial charge in [-0.25, -0.2) is 9.48 Å². The Morgan fingerprint density at radius 2 is 2.33 bits per heavy atom. The first-order valence-corrected chi connectivity index (χ1v) is 6.76. The molecule has 0 saturated carbocycles. The molecule has 2 rings (SSSR count). The molecule has 2 heterocycles. The molecule has 0 spiro atoms. The first kappa shape index (κ1) is 15.2. The highest BCUT2D eigenvalue weighted by Gasteiger charge is 2.31. The molecule has 9 nitrogen and oxygen atoms in total. The number of rotatable bonds is 6. The molecule has 0 aromatic carbocycles. The number of aromatic nitrogens is 2. The fourth-order valence-electron chi connectivity index (χ4n) is 2.44. The fraction of sp³-hybridized carbons (Fsp3) is 0.667. The predicted molar refractivity (Wildman–Crippen MR) is 73.3 cm³/mol. The van der Waals surface area contributed by atoms with Crippen molar-refractivity contribution < 1.29 is 19.6 Å². The average molecular weight is 298 g/mol. The molecular formula is C12H18N4O5. The molecule has 1 aromatic heterocycles. The number of aryl methyl sites for hydroxylation is 2. The van der Waals surface area contributed by atoms with Gasteiger partial charge >= 0.3 is 11.7 Å². The van der Waals surface area contributed by atoms with Crippen LogP contribution in [0.25, 0.3) is 0 Å². The number of carboxylic acid groups (broad SMARTS) is 1. The van der Waals surface area contributed by atoms with E-state index in [1.165, 1.54) is 4.68 Å². The third-order valence-electron chi connectivity index (χ3n) is 3.49. The van der Waals surface area contributed by atoms with E-state index in [0.717, 1.165) is 0 Å². The van der Waals surface area contributed by atoms with Gasteiger partial charge in [0.1, 0.15) is 5.69 Å². The van der Waals surface area contributed by atoms with Gasteiger partial charge < -0.3 is 15.2 Å². The van der Waals surface area contributed by atoms with E-state index in [-0.39, 0.29) is 11.8 Å². The molecule has 116 valence electrons. The van der Waals surface area contributed by atoms with Gasteiger partial charge in [0.15, 0.2) is 6.10 Å². The maximum absolute atomic E-state index is 11.2. The zero-order chi connectivity index (χ0) is 15.6. The molecule has 9 heteroatoms. The molecule has 1 aliphatic rings. The Hall–Kier alpha value is -2.16. The summed E-state index contributed by atoms with van der Waals surface area (Å²) in [6.45, 7) is 2.12. The molecule has 1 aliphatic heterocycles. The van der Waals surface area contributed by atoms with E-state index in [0.29, 0.717) is 37.3 Å². The van der Waals surface area contributed by atoms with Gasteiger partial charge in [0.25, 0.3) is 0 Å². The second kappa shape index (κ2) is 6.08. The molecule has 1 fully saturated rings. The Balaban J connectivity index is 2.05. The lowest BCUT2D eigenvalue weighted by molar-refractivity contribution is -0.384. The molecule has 0 amide bonds. The van der Waals surface area contributed by atoms with E-state index in [9.17, 15) is 14.9 Å². The highest BCUT2D eigenvalue weighted by Crippen LogP contribution is 2.29. The molecule has 2 atom stereocenters. The van der Waals surface area contributed by atoms with Crippen molar-refractivity contribution >= 4 is 17.5 Å². The molecule has 1 saturated heterocycles. The van der Waals surface area contributed by atoms with Crippen molar-refractivity contribution in [2.75, 3.05) is 11.9 Å². The van der Waals surface area contributed by atoms with Gasteiger partial charge in [0.05, 0.1) is 11.0 Å². The molecule has 0 aliphatic carbocycles. The second-order valence-corrected chi connectivity index (χ2v) is 4.92. The van der Waals surface area contributed by atoms with E-state index >= 15 is 0 Å². The summed E-state index contributed by atoms with van der Waals surface area (Å²) in [6, 6.07) is 0. The number of nitrogens with one attached hydrogen (secondary N) is 1. The largest absolute Gasteiger partial charge is 0.479 e. The van der Waals surface area contributed by atoms with Crippen molar-refractivity contribution in [3.63, 3.8) is 0 Å². The summed E-state index contributed by atoms with van der Waals surface area (Å²) in [5, 5.41) is 27.1. The zero-order valence-electron chi connectivity index (χ0n) is 11.9. The van der Waals surface area contributed by atoms with Gasteiger partial charge in [-0.15, -0.1) is 0 Å². The number of carboxylic acids is 1. The van der Waals surface area contributed by atoms with Crippen molar-refractivity contribution in [1.29, 1.82) is 0 Å². The number of hydrogen-bond donors (Lipinski definition) is 2. The molecule has 0 bridgehead atoms. The summed E-state index contributed by atoms with van der Waals surface area (Å²) < 4.78 is 6.79. The quantitative estimate of drug-likeness (QED) is 0.592. The number of aliphatic carboxylic acids is 1. The van der Waals surface area contributed by atoms with Gasteiger partial charge in [-0.1, -0.05) is 6.92 Å². The maximum Gasteiger partial charge on any atom is 0.333 e. The van der Waals surface area contributed by atoms with E-state index < -0.39 is 17.0 Å². The molecule has 2 unspecified atom stereocenters. The number of hydrogen-bond acceptors (Lipinski definition) is 6. The van der Waals surface area contributed by atoms with Crippen molar-refractivity contribution in [1.82, 2.24) is 9.78 Å². The Kier molecular flexibility index (Phi) is 4.41. The molecular weight excluding hydrogens is 280 g/mol. The third kappa shape index (κ3) is 3.13. The fourth-order valence-corrected chi connectivity index (χ4v) is 2.44. The normalized spacial score (nSPS) is 21.4. The monoisotopic (exact) mass is 298 g/mol. The van der Waals surface area contributed by atoms with E-state index in [1.807, 2.05) is 0 Å². The number of carbonyl (C=O) groups is 1. The highest BCUT2D eigenvalue weighted by molar-refractivity contribution is 5.72. The van der Waals surface area contributed by atoms with Crippen LogP contribution >= 0.6 is 0 Å². The average Bonchev–Trinajstić information content (AvgIpc) is 3.00. The minimum absolute atomic E-state index is 0.0345. The minimum atomic E-state index is -0.975. The SMILES string of the molecule is CCc1nn(C)c(NCC2CCC(C(=O)O)O2)c1[N+](=O)[O-]. The van der Waals surface area contributed by atoms with Crippen LogP contribution in [0, 0.1) is 10.1 Å². The Bertz CT molecular complexity index is 556. The van der Waals surface area contributed by atoms with Crippen LogP contribution < -0.4 is 5.32 Å². The predicted octanol–water partition coefficient (Wildman–Crippen LogP) is 0.935. The van der Waals surface area contributed by atoms with Gasteiger partial charge in [-0.3, -0.25) is 10.1 Å². The summed E-state index contributed by atoms with van der Waals surface area (Å²) >= 11 is 0. The lowest BCUT2D eigenvalue weighted by atomic mass is 10.2. The molecule has 1 aromatic rings. The van der Waals surface area contributed by atoms with Crippen LogP contribution in [0.3, 0.4) is 0 Å². The number of nitro groups is 1. The van der Waals surface area contributed by atoms with Crippen LogP contribution in [0.15, 0.2) is 0 Å². The highest BCUT2D eigenvalue weighted by atomic mass is 16.6. The Morgan fingerprint density at radius 3 is 2.86 bits per heavy atom. The summed E-state index contributed by atoms with van der Waals surface area (Å²) in [4.78, 5) is 21.5. The lowest BCUT2D eigenvalue weighted by Gasteiger charge is -2.12. The summed E-state index contributed by atoms with van der Waals surface area (Å²) in [7, 11) is 1.63. The smallest absolute Gasteiger partial charge is 0.333 e. The Labute approximate surface area is 121 Å². The zero-order valence-corrected chi connectivity index (χ0v) is 11.9. The molecule has 0 radical (unpaired) electrons. The van der Waals surface area contributed by atoms with Gasteiger partial charge in [-0.05, 0) is 19.3 Å². The van der Waals surface area contributed by atoms with Crippen LogP contribution in [0.5, 0.6) is 0 Å². The van der Waals surface area contributed by atoms with Crippen LogP contribution in [-0.2, 0) is 23.0 Å². The summed E-state index contributed by atoms with van der Waals surface area (Å²) in [5.41, 5.74) is 0.383. The summed E-state index contributed by atoms with van der Waals surface area (Å²) in [5.74, 6) is -0.656. The van der Waals surface area contributed by atoms with Crippen LogP contribution in [0.2, 0.25) is 0 Å². The van der Waals surface area contributed by atoms with Crippen LogP contribution in [0.1, 0.15) is 25.5 Å². The van der Waals surface area contributed by atoms with Gasteiger partial charge in [0.2, 0.25) is 5.82 Å². The van der Waals surface area contributed by atoms with Crippen molar-refractivity contribution in [3.05, 3.63) is 15.8 Å². The summed E-state index contributed by atoms with van der Waals surface area (Å²) in [6.07, 6.45) is 0.466. The molecule has 21 heavy (non-hydrogen) atoms. The van der Waals surface area contributed by atoms with Crippen LogP contribution in [0.4, 0.5) is 11.5 Å². The number of ether oxygens (including phenoxy) is 1. The van der Waals surface area contributed by atoms with E-state index in [1.54, 1.807) is 14.0 Å². The topological polar surface area (TPSA) is 120 Å². The lowest BCUT2D eigenvalue weighted by Crippen LogP contribution is -2.25. The second-order valence-electron chi connectivity index (χ2n) is 4.92. The number of anilines is 1. The van der Waals surface area contributed by atoms with E-state index in [4.69, 9.17) is 9.84 Å². The van der Waals surface area contributed by atoms with E-state index in [2.05, 4.69) is 10.4 Å².